The van der Waals surface area contributed by atoms with E-state index in [1.165, 1.54) is 16.7 Å². The Balaban J connectivity index is 1.80. The lowest BCUT2D eigenvalue weighted by Crippen LogP contribution is -2.22. The fraction of sp³-hybridized carbons (Fsp3) is 0.103. The summed E-state index contributed by atoms with van der Waals surface area (Å²) >= 11 is 7.44. The maximum absolute atomic E-state index is 7.44. The van der Waals surface area contributed by atoms with E-state index < -0.39 is 4.87 Å². The van der Waals surface area contributed by atoms with Gasteiger partial charge >= 0.3 is 0 Å². The third kappa shape index (κ3) is 4.28. The molecule has 0 saturated carbocycles. The molecule has 0 aromatic heterocycles. The molecule has 0 spiro atoms. The Kier molecular flexibility index (Phi) is 6.25. The van der Waals surface area contributed by atoms with Gasteiger partial charge < -0.3 is 4.74 Å². The number of ether oxygens (including phenoxy) is 1. The summed E-state index contributed by atoms with van der Waals surface area (Å²) in [6, 6.07) is 26.8. The molecular weight excluding hydrogens is 400 g/mol. The molecule has 154 valence electrons. The van der Waals surface area contributed by atoms with Crippen LogP contribution in [0, 0.1) is 0 Å². The molecule has 1 aliphatic carbocycles. The van der Waals surface area contributed by atoms with Crippen molar-refractivity contribution in [2.75, 3.05) is 7.11 Å². The van der Waals surface area contributed by atoms with Crippen molar-refractivity contribution in [2.45, 2.75) is 11.8 Å². The molecule has 3 aromatic carbocycles. The highest BCUT2D eigenvalue weighted by atomic mass is 35.5. The molecule has 0 fully saturated rings. The van der Waals surface area contributed by atoms with Gasteiger partial charge in [0, 0.05) is 0 Å². The van der Waals surface area contributed by atoms with E-state index in [9.17, 15) is 0 Å². The highest BCUT2D eigenvalue weighted by Crippen LogP contribution is 2.43. The number of allylic oxidation sites excluding steroid dienone is 8. The molecular formula is C29H25ClO. The Labute approximate surface area is 189 Å². The summed E-state index contributed by atoms with van der Waals surface area (Å²) in [5.41, 5.74) is 6.66. The summed E-state index contributed by atoms with van der Waals surface area (Å²) in [6.45, 7) is 2.14. The van der Waals surface area contributed by atoms with Crippen LogP contribution in [0.25, 0.3) is 5.57 Å². The van der Waals surface area contributed by atoms with Crippen LogP contribution in [0.1, 0.15) is 29.2 Å². The van der Waals surface area contributed by atoms with E-state index >= 15 is 0 Å². The van der Waals surface area contributed by atoms with Crippen molar-refractivity contribution in [1.29, 1.82) is 0 Å². The first-order valence-corrected chi connectivity index (χ1v) is 10.7. The number of hydrogen-bond donors (Lipinski definition) is 0. The topological polar surface area (TPSA) is 9.23 Å². The largest absolute Gasteiger partial charge is 0.497 e. The maximum Gasteiger partial charge on any atom is 0.119 e. The zero-order valence-corrected chi connectivity index (χ0v) is 18.5. The zero-order valence-electron chi connectivity index (χ0n) is 17.8. The highest BCUT2D eigenvalue weighted by Gasteiger charge is 2.34. The number of alkyl halides is 1. The molecule has 1 aliphatic rings. The second-order valence-corrected chi connectivity index (χ2v) is 8.10. The number of hydrogen-bond acceptors (Lipinski definition) is 1. The predicted molar refractivity (Wildman–Crippen MR) is 132 cm³/mol. The molecule has 1 atom stereocenters. The molecule has 0 radical (unpaired) electrons. The van der Waals surface area contributed by atoms with E-state index in [0.29, 0.717) is 0 Å². The van der Waals surface area contributed by atoms with E-state index in [4.69, 9.17) is 16.3 Å². The van der Waals surface area contributed by atoms with Crippen LogP contribution in [0.2, 0.25) is 0 Å². The van der Waals surface area contributed by atoms with Crippen LogP contribution in [0.15, 0.2) is 121 Å². The molecule has 0 amide bonds. The van der Waals surface area contributed by atoms with Crippen LogP contribution >= 0.6 is 11.6 Å². The molecule has 3 aromatic rings. The number of benzene rings is 3. The van der Waals surface area contributed by atoms with Gasteiger partial charge in [-0.15, -0.1) is 11.6 Å². The fourth-order valence-electron chi connectivity index (χ4n) is 3.89. The van der Waals surface area contributed by atoms with Crippen molar-refractivity contribution in [3.63, 3.8) is 0 Å². The van der Waals surface area contributed by atoms with Gasteiger partial charge in [0.25, 0.3) is 0 Å². The lowest BCUT2D eigenvalue weighted by molar-refractivity contribution is 0.414. The van der Waals surface area contributed by atoms with Gasteiger partial charge in [0.15, 0.2) is 0 Å². The third-order valence-electron chi connectivity index (χ3n) is 5.62. The standard InChI is InChI=1S/C29H25ClO/c1-22-10-6-3-4-9-13-28(22)23-14-16-25(17-15-23)29(30,24-11-7-5-8-12-24)26-18-20-27(31-2)21-19-26/h3-21H,1-2H3/b4-3-,6-3?,9-4?,10-6-,13-9-,22-10?,28-13?,28-22+. The first-order chi connectivity index (χ1) is 15.1. The molecule has 0 bridgehead atoms. The quantitative estimate of drug-likeness (QED) is 0.301. The van der Waals surface area contributed by atoms with Crippen molar-refractivity contribution in [2.24, 2.45) is 0 Å². The first-order valence-electron chi connectivity index (χ1n) is 10.3. The van der Waals surface area contributed by atoms with Crippen LogP contribution in [0.4, 0.5) is 0 Å². The Bertz CT molecular complexity index is 1150. The zero-order chi connectivity index (χ0) is 21.7. The van der Waals surface area contributed by atoms with Gasteiger partial charge in [0.05, 0.1) is 7.11 Å². The van der Waals surface area contributed by atoms with Crippen molar-refractivity contribution in [3.8, 4) is 5.75 Å². The SMILES string of the molecule is COc1ccc(C(Cl)(c2ccccc2)c2ccc(C3=C(C)/C=C\C=C/C=C\3)cc2)cc1. The van der Waals surface area contributed by atoms with E-state index in [0.717, 1.165) is 22.4 Å². The van der Waals surface area contributed by atoms with Crippen LogP contribution in [0.3, 0.4) is 0 Å². The summed E-state index contributed by atoms with van der Waals surface area (Å²) in [7, 11) is 1.67. The fourth-order valence-corrected chi connectivity index (χ4v) is 4.27. The molecule has 31 heavy (non-hydrogen) atoms. The minimum atomic E-state index is -0.797. The van der Waals surface area contributed by atoms with Crippen molar-refractivity contribution >= 4 is 17.2 Å². The average molecular weight is 425 g/mol. The summed E-state index contributed by atoms with van der Waals surface area (Å²) in [5, 5.41) is 0. The Morgan fingerprint density at radius 3 is 1.81 bits per heavy atom. The molecule has 2 heteroatoms. The molecule has 4 rings (SSSR count). The van der Waals surface area contributed by atoms with Crippen molar-refractivity contribution < 1.29 is 4.74 Å². The molecule has 1 nitrogen and oxygen atoms in total. The third-order valence-corrected chi connectivity index (χ3v) is 6.28. The van der Waals surface area contributed by atoms with Crippen LogP contribution in [0.5, 0.6) is 5.75 Å². The molecule has 0 N–H and O–H groups in total. The van der Waals surface area contributed by atoms with Gasteiger partial charge in [0.2, 0.25) is 0 Å². The smallest absolute Gasteiger partial charge is 0.119 e. The Morgan fingerprint density at radius 1 is 0.645 bits per heavy atom. The van der Waals surface area contributed by atoms with Gasteiger partial charge in [0.1, 0.15) is 10.6 Å². The maximum atomic E-state index is 7.44. The summed E-state index contributed by atoms with van der Waals surface area (Å²) < 4.78 is 5.34. The van der Waals surface area contributed by atoms with Crippen LogP contribution < -0.4 is 4.74 Å². The van der Waals surface area contributed by atoms with Gasteiger partial charge in [-0.2, -0.15) is 0 Å². The Hall–Kier alpha value is -3.29. The van der Waals surface area contributed by atoms with Gasteiger partial charge in [-0.05, 0) is 52.5 Å². The lowest BCUT2D eigenvalue weighted by atomic mass is 9.83. The molecule has 0 saturated heterocycles. The van der Waals surface area contributed by atoms with E-state index in [-0.39, 0.29) is 0 Å². The summed E-state index contributed by atoms with van der Waals surface area (Å²) in [6.07, 6.45) is 12.5. The first kappa shape index (κ1) is 21.0. The second-order valence-electron chi connectivity index (χ2n) is 7.53. The number of halogens is 1. The molecule has 0 heterocycles. The highest BCUT2D eigenvalue weighted by molar-refractivity contribution is 6.28. The average Bonchev–Trinajstić information content (AvgIpc) is 2.82. The van der Waals surface area contributed by atoms with Crippen molar-refractivity contribution in [1.82, 2.24) is 0 Å². The number of methoxy groups -OCH3 is 1. The van der Waals surface area contributed by atoms with Gasteiger partial charge in [-0.1, -0.05) is 103 Å². The minimum absolute atomic E-state index is 0.797. The van der Waals surface area contributed by atoms with Gasteiger partial charge in [-0.3, -0.25) is 0 Å². The minimum Gasteiger partial charge on any atom is -0.497 e. The summed E-state index contributed by atoms with van der Waals surface area (Å²) in [4.78, 5) is -0.797. The van der Waals surface area contributed by atoms with Crippen molar-refractivity contribution in [3.05, 3.63) is 143 Å². The van der Waals surface area contributed by atoms with E-state index in [1.54, 1.807) is 7.11 Å². The lowest BCUT2D eigenvalue weighted by Gasteiger charge is -2.29. The van der Waals surface area contributed by atoms with E-state index in [2.05, 4.69) is 67.6 Å². The van der Waals surface area contributed by atoms with Gasteiger partial charge in [-0.25, -0.2) is 0 Å². The molecule has 0 aliphatic heterocycles. The second kappa shape index (κ2) is 9.24. The van der Waals surface area contributed by atoms with Crippen LogP contribution in [-0.2, 0) is 4.87 Å². The number of rotatable bonds is 5. The van der Waals surface area contributed by atoms with E-state index in [1.807, 2.05) is 54.6 Å². The monoisotopic (exact) mass is 424 g/mol. The Morgan fingerprint density at radius 2 is 1.19 bits per heavy atom. The normalized spacial score (nSPS) is 20.7. The van der Waals surface area contributed by atoms with Crippen LogP contribution in [-0.4, -0.2) is 7.11 Å². The molecule has 1 unspecified atom stereocenters. The summed E-state index contributed by atoms with van der Waals surface area (Å²) in [5.74, 6) is 0.812. The predicted octanol–water partition coefficient (Wildman–Crippen LogP) is 7.68.